The molecule has 1 fully saturated rings. The topological polar surface area (TPSA) is 111 Å². The Morgan fingerprint density at radius 3 is 2.14 bits per heavy atom. The van der Waals surface area contributed by atoms with Crippen LogP contribution in [0.15, 0.2) is 64.3 Å². The molecule has 2 aromatic carbocycles. The van der Waals surface area contributed by atoms with Crippen LogP contribution in [0.4, 0.5) is 15.3 Å². The smallest absolute Gasteiger partial charge is 0.442 e. The number of thiophene rings is 1. The average molecular weight is 611 g/mol. The Labute approximate surface area is 252 Å². The van der Waals surface area contributed by atoms with Crippen molar-refractivity contribution in [3.63, 3.8) is 0 Å². The molecule has 1 atom stereocenters. The second kappa shape index (κ2) is 11.6. The number of carbonyl (C=O) groups is 3. The molecule has 0 aliphatic heterocycles. The SMILES string of the molecule is CC(C)(C)OC(=O)N=S(C)(=O)C1(c2ccc(C(=O)Cc3cc(-c4cccs4)ccc3NC(=O)OC(C)(C)C)cc2)CC1. The second-order valence-electron chi connectivity index (χ2n) is 12.5. The van der Waals surface area contributed by atoms with Gasteiger partial charge in [-0.15, -0.1) is 15.7 Å². The molecule has 2 amide bonds. The highest BCUT2D eigenvalue weighted by Gasteiger charge is 2.52. The molecular formula is C32H38N2O6S2. The van der Waals surface area contributed by atoms with Gasteiger partial charge in [-0.1, -0.05) is 36.4 Å². The van der Waals surface area contributed by atoms with E-state index >= 15 is 0 Å². The van der Waals surface area contributed by atoms with Gasteiger partial charge in [0.05, 0.1) is 14.5 Å². The molecule has 1 aliphatic carbocycles. The van der Waals surface area contributed by atoms with Crippen LogP contribution < -0.4 is 5.32 Å². The van der Waals surface area contributed by atoms with Crippen molar-refractivity contribution >= 4 is 44.7 Å². The van der Waals surface area contributed by atoms with Crippen LogP contribution in [0.2, 0.25) is 0 Å². The van der Waals surface area contributed by atoms with Crippen molar-refractivity contribution in [3.8, 4) is 10.4 Å². The van der Waals surface area contributed by atoms with E-state index in [1.54, 1.807) is 83.2 Å². The van der Waals surface area contributed by atoms with Crippen LogP contribution in [0.3, 0.4) is 0 Å². The largest absolute Gasteiger partial charge is 0.444 e. The minimum absolute atomic E-state index is 0.0489. The Hall–Kier alpha value is -3.50. The highest BCUT2D eigenvalue weighted by molar-refractivity contribution is 7.94. The van der Waals surface area contributed by atoms with Crippen molar-refractivity contribution in [2.45, 2.75) is 76.8 Å². The summed E-state index contributed by atoms with van der Waals surface area (Å²) in [5.74, 6) is -0.141. The van der Waals surface area contributed by atoms with Gasteiger partial charge in [0.2, 0.25) is 0 Å². The van der Waals surface area contributed by atoms with Gasteiger partial charge in [-0.2, -0.15) is 0 Å². The molecule has 1 saturated carbocycles. The molecule has 224 valence electrons. The Bertz CT molecular complexity index is 1600. The van der Waals surface area contributed by atoms with Gasteiger partial charge in [0.15, 0.2) is 5.78 Å². The van der Waals surface area contributed by atoms with E-state index in [9.17, 15) is 18.6 Å². The van der Waals surface area contributed by atoms with Crippen molar-refractivity contribution in [2.75, 3.05) is 11.6 Å². The van der Waals surface area contributed by atoms with E-state index in [-0.39, 0.29) is 12.2 Å². The fraction of sp³-hybridized carbons (Fsp3) is 0.406. The number of anilines is 1. The van der Waals surface area contributed by atoms with Crippen LogP contribution in [0.25, 0.3) is 10.4 Å². The average Bonchev–Trinajstić information content (AvgIpc) is 3.50. The summed E-state index contributed by atoms with van der Waals surface area (Å²) >= 11 is 1.59. The van der Waals surface area contributed by atoms with Crippen molar-refractivity contribution in [1.82, 2.24) is 0 Å². The Balaban J connectivity index is 1.57. The number of benzene rings is 2. The molecule has 8 nitrogen and oxygen atoms in total. The van der Waals surface area contributed by atoms with Gasteiger partial charge in [0.25, 0.3) is 0 Å². The third kappa shape index (κ3) is 7.66. The normalized spacial score (nSPS) is 15.7. The molecule has 1 aromatic heterocycles. The maximum absolute atomic E-state index is 13.6. The highest BCUT2D eigenvalue weighted by atomic mass is 32.2. The molecule has 3 aromatic rings. The third-order valence-electron chi connectivity index (χ3n) is 6.70. The van der Waals surface area contributed by atoms with Crippen LogP contribution in [0.1, 0.15) is 75.9 Å². The number of hydrogen-bond acceptors (Lipinski definition) is 7. The maximum Gasteiger partial charge on any atom is 0.442 e. The summed E-state index contributed by atoms with van der Waals surface area (Å²) in [5.41, 5.74) is 1.95. The zero-order valence-electron chi connectivity index (χ0n) is 25.1. The summed E-state index contributed by atoms with van der Waals surface area (Å²) in [6, 6.07) is 16.6. The van der Waals surface area contributed by atoms with Crippen LogP contribution in [-0.2, 0) is 30.4 Å². The van der Waals surface area contributed by atoms with E-state index in [1.807, 2.05) is 29.6 Å². The third-order valence-corrected chi connectivity index (χ3v) is 10.2. The first kappa shape index (κ1) is 31.4. The van der Waals surface area contributed by atoms with Gasteiger partial charge in [-0.05, 0) is 94.7 Å². The van der Waals surface area contributed by atoms with E-state index in [0.29, 0.717) is 29.7 Å². The lowest BCUT2D eigenvalue weighted by molar-refractivity contribution is 0.0603. The number of rotatable bonds is 7. The molecule has 0 radical (unpaired) electrons. The monoisotopic (exact) mass is 610 g/mol. The number of ether oxygens (including phenoxy) is 2. The number of amides is 2. The van der Waals surface area contributed by atoms with E-state index in [1.165, 1.54) is 6.26 Å². The molecule has 42 heavy (non-hydrogen) atoms. The number of hydrogen-bond donors (Lipinski definition) is 1. The van der Waals surface area contributed by atoms with E-state index < -0.39 is 37.9 Å². The van der Waals surface area contributed by atoms with Crippen LogP contribution in [0.5, 0.6) is 0 Å². The van der Waals surface area contributed by atoms with E-state index in [4.69, 9.17) is 9.47 Å². The summed E-state index contributed by atoms with van der Waals surface area (Å²) in [6.07, 6.45) is 1.34. The summed E-state index contributed by atoms with van der Waals surface area (Å²) in [7, 11) is -2.95. The van der Waals surface area contributed by atoms with Gasteiger partial charge >= 0.3 is 12.2 Å². The number of carbonyl (C=O) groups excluding carboxylic acids is 3. The zero-order valence-corrected chi connectivity index (χ0v) is 26.7. The van der Waals surface area contributed by atoms with Crippen LogP contribution in [-0.4, -0.2) is 39.6 Å². The Morgan fingerprint density at radius 2 is 1.60 bits per heavy atom. The molecule has 1 heterocycles. The molecular weight excluding hydrogens is 572 g/mol. The van der Waals surface area contributed by atoms with Gasteiger partial charge < -0.3 is 9.47 Å². The summed E-state index contributed by atoms with van der Waals surface area (Å²) in [4.78, 5) is 39.3. The van der Waals surface area contributed by atoms with Crippen molar-refractivity contribution < 1.29 is 28.1 Å². The molecule has 1 unspecified atom stereocenters. The number of nitrogens with one attached hydrogen (secondary N) is 1. The first-order valence-corrected chi connectivity index (χ1v) is 16.5. The van der Waals surface area contributed by atoms with Gasteiger partial charge in [0, 0.05) is 28.8 Å². The zero-order chi connectivity index (χ0) is 30.9. The van der Waals surface area contributed by atoms with Crippen molar-refractivity contribution in [3.05, 3.63) is 76.7 Å². The van der Waals surface area contributed by atoms with E-state index in [2.05, 4.69) is 9.68 Å². The molecule has 0 saturated heterocycles. The predicted octanol–water partition coefficient (Wildman–Crippen LogP) is 8.21. The summed E-state index contributed by atoms with van der Waals surface area (Å²) in [5, 5.41) is 4.77. The highest BCUT2D eigenvalue weighted by Crippen LogP contribution is 2.53. The minimum atomic E-state index is -2.95. The fourth-order valence-corrected chi connectivity index (χ4v) is 7.27. The molecule has 10 heteroatoms. The summed E-state index contributed by atoms with van der Waals surface area (Å²) in [6.45, 7) is 10.6. The Kier molecular flexibility index (Phi) is 8.72. The first-order chi connectivity index (χ1) is 19.5. The molecule has 4 rings (SSSR count). The Morgan fingerprint density at radius 1 is 0.952 bits per heavy atom. The van der Waals surface area contributed by atoms with Crippen LogP contribution >= 0.6 is 11.3 Å². The lowest BCUT2D eigenvalue weighted by atomic mass is 9.98. The minimum Gasteiger partial charge on any atom is -0.444 e. The standard InChI is InChI=1S/C32H38N2O6S2/c1-30(2,3)39-28(36)33-25-15-12-22(27-9-8-18-41-27)19-23(25)20-26(35)21-10-13-24(14-11-21)32(16-17-32)42(7,38)34-29(37)40-31(4,5)6/h8-15,18-19H,16-17,20H2,1-7H3,(H,33,36). The predicted molar refractivity (Wildman–Crippen MR) is 168 cm³/mol. The van der Waals surface area contributed by atoms with Gasteiger partial charge in [-0.3, -0.25) is 10.1 Å². The van der Waals surface area contributed by atoms with Crippen molar-refractivity contribution in [2.24, 2.45) is 4.36 Å². The molecule has 1 aliphatic rings. The fourth-order valence-electron chi connectivity index (χ4n) is 4.62. The molecule has 1 N–H and O–H groups in total. The number of nitrogens with zero attached hydrogens (tertiary/aromatic N) is 1. The number of Topliss-reactive ketones (excluding diaryl/α,β-unsaturated/α-hetero) is 1. The van der Waals surface area contributed by atoms with Crippen LogP contribution in [0, 0.1) is 0 Å². The maximum atomic E-state index is 13.6. The number of ketones is 1. The lowest BCUT2D eigenvalue weighted by Crippen LogP contribution is -2.27. The lowest BCUT2D eigenvalue weighted by Gasteiger charge is -2.21. The molecule has 0 spiro atoms. The second-order valence-corrected chi connectivity index (χ2v) is 16.0. The van der Waals surface area contributed by atoms with Crippen molar-refractivity contribution in [1.29, 1.82) is 0 Å². The van der Waals surface area contributed by atoms with E-state index in [0.717, 1.165) is 16.0 Å². The molecule has 0 bridgehead atoms. The van der Waals surface area contributed by atoms with Gasteiger partial charge in [0.1, 0.15) is 11.2 Å². The summed E-state index contributed by atoms with van der Waals surface area (Å²) < 4.78 is 27.5. The first-order valence-electron chi connectivity index (χ1n) is 13.7. The van der Waals surface area contributed by atoms with Gasteiger partial charge in [-0.25, -0.2) is 13.8 Å². The quantitative estimate of drug-likeness (QED) is 0.270.